The van der Waals surface area contributed by atoms with Gasteiger partial charge in [0.1, 0.15) is 17.1 Å². The van der Waals surface area contributed by atoms with E-state index in [-0.39, 0.29) is 29.9 Å². The lowest BCUT2D eigenvalue weighted by Gasteiger charge is -2.22. The van der Waals surface area contributed by atoms with Crippen LogP contribution in [0.25, 0.3) is 0 Å². The van der Waals surface area contributed by atoms with Gasteiger partial charge < -0.3 is 19.5 Å². The molecule has 6 nitrogen and oxygen atoms in total. The molecule has 1 N–H and O–H groups in total. The van der Waals surface area contributed by atoms with E-state index >= 15 is 0 Å². The smallest absolute Gasteiger partial charge is 0.342 e. The molecule has 0 aliphatic carbocycles. The Morgan fingerprint density at radius 3 is 2.72 bits per heavy atom. The molecule has 1 aliphatic rings. The highest BCUT2D eigenvalue weighted by Crippen LogP contribution is 2.32. The Balaban J connectivity index is 1.67. The van der Waals surface area contributed by atoms with Crippen LogP contribution in [0.4, 0.5) is 5.69 Å². The van der Waals surface area contributed by atoms with Gasteiger partial charge >= 0.3 is 5.97 Å². The zero-order valence-corrected chi connectivity index (χ0v) is 14.1. The van der Waals surface area contributed by atoms with Gasteiger partial charge in [0.15, 0.2) is 6.61 Å². The maximum Gasteiger partial charge on any atom is 0.342 e. The van der Waals surface area contributed by atoms with Crippen molar-refractivity contribution in [2.24, 2.45) is 0 Å². The van der Waals surface area contributed by atoms with E-state index < -0.39 is 5.97 Å². The number of fused-ring (bicyclic) bond motifs is 1. The molecule has 25 heavy (non-hydrogen) atoms. The van der Waals surface area contributed by atoms with Crippen molar-refractivity contribution in [1.82, 2.24) is 0 Å². The van der Waals surface area contributed by atoms with Crippen molar-refractivity contribution in [3.8, 4) is 11.5 Å². The Hall–Kier alpha value is -3.02. The van der Waals surface area contributed by atoms with Gasteiger partial charge in [0.05, 0.1) is 7.11 Å². The quantitative estimate of drug-likeness (QED) is 0.865. The molecule has 0 radical (unpaired) electrons. The number of phenolic OH excluding ortho intramolecular Hbond substituents is 1. The standard InChI is InChI=1S/C19H19NO5/c1-12-9-13-5-3-4-6-16(13)20(12)18(22)11-25-19(23)15-8-7-14(24-2)10-17(15)21/h3-8,10,12,21H,9,11H2,1-2H3/t12-/m0/s1. The highest BCUT2D eigenvalue weighted by atomic mass is 16.5. The van der Waals surface area contributed by atoms with E-state index in [2.05, 4.69) is 0 Å². The third-order valence-electron chi connectivity index (χ3n) is 4.23. The molecular weight excluding hydrogens is 322 g/mol. The number of ether oxygens (including phenoxy) is 2. The number of carbonyl (C=O) groups is 2. The first kappa shape index (κ1) is 16.8. The first-order valence-electron chi connectivity index (χ1n) is 7.95. The molecule has 130 valence electrons. The second kappa shape index (κ2) is 6.84. The van der Waals surface area contributed by atoms with E-state index in [0.29, 0.717) is 5.75 Å². The molecule has 0 saturated carbocycles. The molecule has 0 aromatic heterocycles. The lowest BCUT2D eigenvalue weighted by atomic mass is 10.1. The van der Waals surface area contributed by atoms with Crippen LogP contribution in [-0.2, 0) is 16.0 Å². The van der Waals surface area contributed by atoms with Crippen LogP contribution in [0.3, 0.4) is 0 Å². The molecule has 2 aromatic carbocycles. The number of benzene rings is 2. The third-order valence-corrected chi connectivity index (χ3v) is 4.23. The zero-order valence-electron chi connectivity index (χ0n) is 14.1. The fraction of sp³-hybridized carbons (Fsp3) is 0.263. The van der Waals surface area contributed by atoms with Crippen molar-refractivity contribution in [2.45, 2.75) is 19.4 Å². The van der Waals surface area contributed by atoms with E-state index in [1.54, 1.807) is 4.90 Å². The Kier molecular flexibility index (Phi) is 4.61. The van der Waals surface area contributed by atoms with E-state index in [1.807, 2.05) is 31.2 Å². The Morgan fingerprint density at radius 1 is 1.24 bits per heavy atom. The molecule has 1 atom stereocenters. The molecule has 1 amide bonds. The number of nitrogens with zero attached hydrogens (tertiary/aromatic N) is 1. The minimum Gasteiger partial charge on any atom is -0.507 e. The molecule has 2 aromatic rings. The monoisotopic (exact) mass is 341 g/mol. The summed E-state index contributed by atoms with van der Waals surface area (Å²) in [6.45, 7) is 1.57. The molecule has 6 heteroatoms. The summed E-state index contributed by atoms with van der Waals surface area (Å²) < 4.78 is 10.1. The molecule has 1 aliphatic heterocycles. The van der Waals surface area contributed by atoms with Gasteiger partial charge in [-0.05, 0) is 37.1 Å². The van der Waals surface area contributed by atoms with Crippen molar-refractivity contribution >= 4 is 17.6 Å². The van der Waals surface area contributed by atoms with Crippen molar-refractivity contribution in [1.29, 1.82) is 0 Å². The largest absolute Gasteiger partial charge is 0.507 e. The second-order valence-electron chi connectivity index (χ2n) is 5.90. The SMILES string of the molecule is COc1ccc(C(=O)OCC(=O)N2c3ccccc3C[C@@H]2C)c(O)c1. The molecular formula is C19H19NO5. The Morgan fingerprint density at radius 2 is 2.00 bits per heavy atom. The van der Waals surface area contributed by atoms with Gasteiger partial charge in [0.2, 0.25) is 0 Å². The summed E-state index contributed by atoms with van der Waals surface area (Å²) in [6.07, 6.45) is 0.773. The van der Waals surface area contributed by atoms with Crippen LogP contribution in [0.15, 0.2) is 42.5 Å². The van der Waals surface area contributed by atoms with Gasteiger partial charge in [-0.2, -0.15) is 0 Å². The maximum absolute atomic E-state index is 12.5. The van der Waals surface area contributed by atoms with Crippen molar-refractivity contribution in [3.63, 3.8) is 0 Å². The second-order valence-corrected chi connectivity index (χ2v) is 5.90. The number of hydrogen-bond acceptors (Lipinski definition) is 5. The average molecular weight is 341 g/mol. The Bertz CT molecular complexity index is 817. The summed E-state index contributed by atoms with van der Waals surface area (Å²) in [5.41, 5.74) is 1.94. The molecule has 0 saturated heterocycles. The van der Waals surface area contributed by atoms with Crippen molar-refractivity contribution < 1.29 is 24.2 Å². The number of esters is 1. The average Bonchev–Trinajstić information content (AvgIpc) is 2.95. The number of aromatic hydroxyl groups is 1. The minimum atomic E-state index is -0.756. The normalized spacial score (nSPS) is 15.6. The predicted octanol–water partition coefficient (Wildman–Crippen LogP) is 2.54. The molecule has 0 fully saturated rings. The van der Waals surface area contributed by atoms with Gasteiger partial charge in [-0.1, -0.05) is 18.2 Å². The third kappa shape index (κ3) is 3.28. The van der Waals surface area contributed by atoms with E-state index in [4.69, 9.17) is 9.47 Å². The number of methoxy groups -OCH3 is 1. The number of hydrogen-bond donors (Lipinski definition) is 1. The van der Waals surface area contributed by atoms with Crippen molar-refractivity contribution in [2.75, 3.05) is 18.6 Å². The van der Waals surface area contributed by atoms with Gasteiger partial charge in [-0.3, -0.25) is 4.79 Å². The number of amides is 1. The molecule has 1 heterocycles. The number of rotatable bonds is 4. The van der Waals surface area contributed by atoms with Gasteiger partial charge in [-0.25, -0.2) is 4.79 Å². The molecule has 3 rings (SSSR count). The lowest BCUT2D eigenvalue weighted by Crippen LogP contribution is -2.38. The summed E-state index contributed by atoms with van der Waals surface area (Å²) in [6, 6.07) is 11.9. The first-order chi connectivity index (χ1) is 12.0. The summed E-state index contributed by atoms with van der Waals surface area (Å²) in [5, 5.41) is 9.87. The van der Waals surface area contributed by atoms with Crippen LogP contribution in [0.2, 0.25) is 0 Å². The van der Waals surface area contributed by atoms with Gasteiger partial charge in [-0.15, -0.1) is 0 Å². The predicted molar refractivity (Wildman–Crippen MR) is 92.0 cm³/mol. The zero-order chi connectivity index (χ0) is 18.0. The summed E-state index contributed by atoms with van der Waals surface area (Å²) in [7, 11) is 1.46. The summed E-state index contributed by atoms with van der Waals surface area (Å²) in [5.74, 6) is -0.878. The number of carbonyl (C=O) groups excluding carboxylic acids is 2. The fourth-order valence-corrected chi connectivity index (χ4v) is 3.03. The number of anilines is 1. The molecule has 0 spiro atoms. The van der Waals surface area contributed by atoms with E-state index in [0.717, 1.165) is 17.7 Å². The Labute approximate surface area is 145 Å². The van der Waals surface area contributed by atoms with E-state index in [9.17, 15) is 14.7 Å². The number of para-hydroxylation sites is 1. The molecule has 0 bridgehead atoms. The van der Waals surface area contributed by atoms with E-state index in [1.165, 1.54) is 25.3 Å². The van der Waals surface area contributed by atoms with Crippen LogP contribution < -0.4 is 9.64 Å². The highest BCUT2D eigenvalue weighted by molar-refractivity contribution is 5.99. The van der Waals surface area contributed by atoms with Gasteiger partial charge in [0.25, 0.3) is 5.91 Å². The minimum absolute atomic E-state index is 0.0107. The fourth-order valence-electron chi connectivity index (χ4n) is 3.03. The van der Waals surface area contributed by atoms with Crippen LogP contribution >= 0.6 is 0 Å². The summed E-state index contributed by atoms with van der Waals surface area (Å²) in [4.78, 5) is 26.3. The van der Waals surface area contributed by atoms with Gasteiger partial charge in [0, 0.05) is 17.8 Å². The number of phenols is 1. The maximum atomic E-state index is 12.5. The molecule has 0 unspecified atom stereocenters. The topological polar surface area (TPSA) is 76.1 Å². The van der Waals surface area contributed by atoms with Crippen LogP contribution in [0, 0.1) is 0 Å². The van der Waals surface area contributed by atoms with Crippen LogP contribution in [0.5, 0.6) is 11.5 Å². The first-order valence-corrected chi connectivity index (χ1v) is 7.95. The lowest BCUT2D eigenvalue weighted by molar-refractivity contribution is -0.122. The van der Waals surface area contributed by atoms with Crippen LogP contribution in [0.1, 0.15) is 22.8 Å². The van der Waals surface area contributed by atoms with Crippen molar-refractivity contribution in [3.05, 3.63) is 53.6 Å². The van der Waals surface area contributed by atoms with Crippen LogP contribution in [-0.4, -0.2) is 36.7 Å². The summed E-state index contributed by atoms with van der Waals surface area (Å²) >= 11 is 0. The highest BCUT2D eigenvalue weighted by Gasteiger charge is 2.31.